The summed E-state index contributed by atoms with van der Waals surface area (Å²) in [6, 6.07) is 1.83. The fourth-order valence-electron chi connectivity index (χ4n) is 4.93. The van der Waals surface area contributed by atoms with Crippen LogP contribution in [0.2, 0.25) is 0 Å². The lowest BCUT2D eigenvalue weighted by molar-refractivity contribution is -0.139. The van der Waals surface area contributed by atoms with E-state index in [0.717, 1.165) is 12.1 Å². The van der Waals surface area contributed by atoms with Crippen molar-refractivity contribution in [3.05, 3.63) is 35.4 Å². The number of carbonyl (C=O) groups is 1. The number of aliphatic imine (C=N–C) groups is 4. The summed E-state index contributed by atoms with van der Waals surface area (Å²) in [5.41, 5.74) is 39.0. The Morgan fingerprint density at radius 3 is 0.967 bits per heavy atom. The zero-order valence-corrected chi connectivity index (χ0v) is 32.8. The first-order chi connectivity index (χ1) is 28.3. The van der Waals surface area contributed by atoms with Crippen molar-refractivity contribution in [1.82, 2.24) is 0 Å². The average Bonchev–Trinajstić information content (AvgIpc) is 3.13. The van der Waals surface area contributed by atoms with Crippen molar-refractivity contribution in [3.8, 4) is 23.0 Å². The van der Waals surface area contributed by atoms with E-state index in [2.05, 4.69) is 30.6 Å². The van der Waals surface area contributed by atoms with Gasteiger partial charge in [0.05, 0.1) is 48.9 Å². The lowest BCUT2D eigenvalue weighted by Gasteiger charge is -2.21. The number of amides is 2. The van der Waals surface area contributed by atoms with Gasteiger partial charge in [-0.3, -0.25) is 20.0 Å². The number of unbranched alkanes of at least 4 members (excludes halogenated alkanes) is 4. The molecule has 0 unspecified atom stereocenters. The second-order valence-electron chi connectivity index (χ2n) is 12.7. The van der Waals surface area contributed by atoms with Crippen LogP contribution in [0.15, 0.2) is 44.2 Å². The molecule has 60 heavy (non-hydrogen) atoms. The van der Waals surface area contributed by atoms with E-state index in [1.807, 2.05) is 0 Å². The second-order valence-corrected chi connectivity index (χ2v) is 12.7. The van der Waals surface area contributed by atoms with Crippen LogP contribution in [-0.2, 0) is 12.4 Å². The molecule has 0 bridgehead atoms. The van der Waals surface area contributed by atoms with E-state index in [9.17, 15) is 31.1 Å². The Labute approximate surface area is 342 Å². The van der Waals surface area contributed by atoms with Gasteiger partial charge in [0, 0.05) is 38.3 Å². The SMILES string of the molecule is NC(N)=NCCCCOc1cc(OCCCCN=C(N)N)c(C(F)(F)F)cc1NC(=O)Nc1cc(C(F)(F)F)c(OCCCCN=C(N)N)cc1OCCCCN=C(N)N. The Morgan fingerprint density at radius 1 is 0.450 bits per heavy atom. The van der Waals surface area contributed by atoms with Crippen molar-refractivity contribution in [1.29, 1.82) is 0 Å². The molecule has 0 fully saturated rings. The van der Waals surface area contributed by atoms with E-state index >= 15 is 0 Å². The maximum atomic E-state index is 14.4. The van der Waals surface area contributed by atoms with Crippen LogP contribution in [0.25, 0.3) is 0 Å². The Bertz CT molecular complexity index is 1650. The first-order valence-electron chi connectivity index (χ1n) is 18.6. The molecule has 0 heterocycles. The number of hydrogen-bond donors (Lipinski definition) is 10. The van der Waals surface area contributed by atoms with Crippen molar-refractivity contribution in [2.24, 2.45) is 65.8 Å². The molecule has 0 aliphatic heterocycles. The molecule has 0 radical (unpaired) electrons. The topological polar surface area (TPSA) is 336 Å². The number of guanidine groups is 4. The monoisotopic (exact) mass is 864 g/mol. The van der Waals surface area contributed by atoms with E-state index in [1.54, 1.807) is 0 Å². The summed E-state index contributed by atoms with van der Waals surface area (Å²) in [5, 5.41) is 4.52. The Morgan fingerprint density at radius 2 is 0.717 bits per heavy atom. The number of nitrogens with one attached hydrogen (secondary N) is 2. The van der Waals surface area contributed by atoms with Gasteiger partial charge >= 0.3 is 18.4 Å². The van der Waals surface area contributed by atoms with Gasteiger partial charge < -0.3 is 75.5 Å². The third-order valence-electron chi connectivity index (χ3n) is 7.69. The van der Waals surface area contributed by atoms with Crippen molar-refractivity contribution in [2.75, 3.05) is 63.2 Å². The zero-order valence-electron chi connectivity index (χ0n) is 32.8. The minimum absolute atomic E-state index is 0.0640. The van der Waals surface area contributed by atoms with Crippen molar-refractivity contribution >= 4 is 41.2 Å². The normalized spacial score (nSPS) is 11.2. The van der Waals surface area contributed by atoms with Crippen LogP contribution in [0.3, 0.4) is 0 Å². The van der Waals surface area contributed by atoms with Crippen LogP contribution in [0, 0.1) is 0 Å². The number of alkyl halides is 6. The predicted octanol–water partition coefficient (Wildman–Crippen LogP) is 3.10. The van der Waals surface area contributed by atoms with Crippen LogP contribution < -0.4 is 75.5 Å². The van der Waals surface area contributed by atoms with Gasteiger partial charge in [0.1, 0.15) is 23.0 Å². The molecular weight excluding hydrogens is 810 g/mol. The van der Waals surface area contributed by atoms with Gasteiger partial charge in [0.2, 0.25) is 0 Å². The number of anilines is 2. The molecular formula is C35H54F6N14O5. The zero-order chi connectivity index (χ0) is 44.7. The summed E-state index contributed by atoms with van der Waals surface area (Å²) in [6.45, 7) is 0.469. The minimum Gasteiger partial charge on any atom is -0.493 e. The first kappa shape index (κ1) is 49.7. The van der Waals surface area contributed by atoms with Gasteiger partial charge in [-0.15, -0.1) is 0 Å². The molecule has 0 saturated heterocycles. The summed E-state index contributed by atoms with van der Waals surface area (Å²) in [5.74, 6) is -2.25. The van der Waals surface area contributed by atoms with E-state index < -0.39 is 52.4 Å². The van der Waals surface area contributed by atoms with E-state index in [1.165, 1.54) is 0 Å². The standard InChI is InChI=1S/C35H54F6N14O5/c36-34(37,38)21-17-23(27(59-15-7-3-11-52-31(46)47)19-25(21)57-13-5-1-9-50-29(42)43)54-33(56)55-24-18-22(35(39,40)41)26(58-14-6-2-10-51-30(44)45)20-28(24)60-16-8-4-12-53-32(48)49/h17-20H,1-16H2,(H4,42,43,50)(H4,44,45,51)(H4,46,47,52)(H4,48,49,53)(H2,54,55,56). The highest BCUT2D eigenvalue weighted by atomic mass is 19.4. The Hall–Kier alpha value is -6.43. The predicted molar refractivity (Wildman–Crippen MR) is 217 cm³/mol. The van der Waals surface area contributed by atoms with Crippen molar-refractivity contribution in [2.45, 2.75) is 63.7 Å². The molecule has 2 rings (SSSR count). The maximum absolute atomic E-state index is 14.4. The van der Waals surface area contributed by atoms with Gasteiger partial charge in [-0.1, -0.05) is 0 Å². The van der Waals surface area contributed by atoms with Crippen LogP contribution >= 0.6 is 0 Å². The van der Waals surface area contributed by atoms with Crippen molar-refractivity contribution in [3.63, 3.8) is 0 Å². The van der Waals surface area contributed by atoms with Crippen LogP contribution in [0.5, 0.6) is 23.0 Å². The fraction of sp³-hybridized carbons (Fsp3) is 0.514. The summed E-state index contributed by atoms with van der Waals surface area (Å²) < 4.78 is 109. The molecule has 0 saturated carbocycles. The Balaban J connectivity index is 2.48. The molecule has 18 N–H and O–H groups in total. The number of nitrogens with two attached hydrogens (primary N) is 8. The van der Waals surface area contributed by atoms with E-state index in [0.29, 0.717) is 50.7 Å². The summed E-state index contributed by atoms with van der Waals surface area (Å²) in [4.78, 5) is 28.8. The van der Waals surface area contributed by atoms with Gasteiger partial charge in [-0.25, -0.2) is 4.79 Å². The number of nitrogens with zero attached hydrogens (tertiary/aromatic N) is 4. The highest BCUT2D eigenvalue weighted by molar-refractivity contribution is 6.02. The molecule has 0 atom stereocenters. The second kappa shape index (κ2) is 25.1. The number of carbonyl (C=O) groups excluding carboxylic acids is 1. The average molecular weight is 865 g/mol. The smallest absolute Gasteiger partial charge is 0.420 e. The van der Waals surface area contributed by atoms with Crippen LogP contribution in [0.4, 0.5) is 42.5 Å². The summed E-state index contributed by atoms with van der Waals surface area (Å²) in [6.07, 6.45) is -7.09. The number of urea groups is 1. The molecule has 2 amide bonds. The molecule has 336 valence electrons. The lowest BCUT2D eigenvalue weighted by Crippen LogP contribution is -2.23. The third-order valence-corrected chi connectivity index (χ3v) is 7.69. The largest absolute Gasteiger partial charge is 0.493 e. The molecule has 2 aromatic rings. The Kier molecular flexibility index (Phi) is 20.8. The quantitative estimate of drug-likeness (QED) is 0.0282. The summed E-state index contributed by atoms with van der Waals surface area (Å²) in [7, 11) is 0. The number of benzene rings is 2. The highest BCUT2D eigenvalue weighted by Gasteiger charge is 2.37. The molecule has 0 aromatic heterocycles. The van der Waals surface area contributed by atoms with Crippen molar-refractivity contribution < 1.29 is 50.1 Å². The molecule has 0 spiro atoms. The molecule has 0 aliphatic carbocycles. The van der Waals surface area contributed by atoms with E-state index in [-0.39, 0.29) is 101 Å². The highest BCUT2D eigenvalue weighted by Crippen LogP contribution is 2.44. The number of hydrogen-bond acceptors (Lipinski definition) is 9. The van der Waals surface area contributed by atoms with Crippen LogP contribution in [-0.4, -0.2) is 82.5 Å². The van der Waals surface area contributed by atoms with Crippen LogP contribution in [0.1, 0.15) is 62.5 Å². The molecule has 25 heteroatoms. The van der Waals surface area contributed by atoms with Gasteiger partial charge in [-0.05, 0) is 63.5 Å². The minimum atomic E-state index is -4.98. The lowest BCUT2D eigenvalue weighted by atomic mass is 10.1. The molecule has 0 aliphatic rings. The summed E-state index contributed by atoms with van der Waals surface area (Å²) >= 11 is 0. The van der Waals surface area contributed by atoms with Gasteiger partial charge in [-0.2, -0.15) is 26.3 Å². The number of rotatable bonds is 26. The number of halogens is 6. The molecule has 19 nitrogen and oxygen atoms in total. The van der Waals surface area contributed by atoms with Gasteiger partial charge in [0.25, 0.3) is 0 Å². The third kappa shape index (κ3) is 19.8. The number of ether oxygens (including phenoxy) is 4. The molecule has 2 aromatic carbocycles. The fourth-order valence-corrected chi connectivity index (χ4v) is 4.93. The first-order valence-corrected chi connectivity index (χ1v) is 18.6. The van der Waals surface area contributed by atoms with E-state index in [4.69, 9.17) is 64.8 Å². The van der Waals surface area contributed by atoms with Gasteiger partial charge in [0.15, 0.2) is 23.8 Å². The maximum Gasteiger partial charge on any atom is 0.420 e.